The number of phenolic OH excluding ortho intramolecular Hbond substituents is 1. The summed E-state index contributed by atoms with van der Waals surface area (Å²) in [5.41, 5.74) is 19.7. The Morgan fingerprint density at radius 2 is 0.837 bits per heavy atom. The number of aromatic amines is 6. The molecule has 0 saturated carbocycles. The molecule has 0 bridgehead atoms. The third-order valence-electron chi connectivity index (χ3n) is 20.7. The summed E-state index contributed by atoms with van der Waals surface area (Å²) in [5, 5.41) is 53.3. The van der Waals surface area contributed by atoms with Gasteiger partial charge in [-0.3, -0.25) is 76.7 Å². The van der Waals surface area contributed by atoms with Gasteiger partial charge in [0.1, 0.15) is 84.3 Å². The molecular formula is C79H109N29O19S2. The van der Waals surface area contributed by atoms with Crippen LogP contribution in [0, 0.1) is 11.8 Å². The van der Waals surface area contributed by atoms with E-state index in [1.807, 2.05) is 0 Å². The summed E-state index contributed by atoms with van der Waals surface area (Å²) in [6, 6.07) is -15.7. The molecule has 48 nitrogen and oxygen atoms in total. The lowest BCUT2D eigenvalue weighted by molar-refractivity contribution is -0.142. The van der Waals surface area contributed by atoms with Gasteiger partial charge in [0.2, 0.25) is 94.5 Å². The van der Waals surface area contributed by atoms with Crippen molar-refractivity contribution in [2.45, 2.75) is 202 Å². The number of nitrogens with zero attached hydrogens (tertiary/aromatic N) is 7. The molecule has 6 aromatic heterocycles. The number of primary amides is 2. The number of nitrogens with two attached hydrogens (primary N) is 3. The zero-order chi connectivity index (χ0) is 94.0. The molecule has 15 atom stereocenters. The van der Waals surface area contributed by atoms with Gasteiger partial charge in [-0.05, 0) is 55.2 Å². The van der Waals surface area contributed by atoms with Gasteiger partial charge < -0.3 is 131 Å². The van der Waals surface area contributed by atoms with Crippen molar-refractivity contribution >= 4 is 126 Å². The molecule has 8 rings (SSSR count). The second-order valence-corrected chi connectivity index (χ2v) is 31.8. The first kappa shape index (κ1) is 100. The predicted octanol–water partition coefficient (Wildman–Crippen LogP) is -6.84. The Labute approximate surface area is 748 Å². The Kier molecular flexibility index (Phi) is 38.7. The minimum Gasteiger partial charge on any atom is -0.508 e. The molecule has 27 N–H and O–H groups in total. The van der Waals surface area contributed by atoms with Crippen LogP contribution in [-0.2, 0) is 126 Å². The van der Waals surface area contributed by atoms with Crippen LogP contribution < -0.4 is 86.3 Å². The van der Waals surface area contributed by atoms with Gasteiger partial charge in [0.05, 0.1) is 91.1 Å². The predicted molar refractivity (Wildman–Crippen MR) is 461 cm³/mol. The van der Waals surface area contributed by atoms with E-state index in [-0.39, 0.29) is 100 Å². The monoisotopic (exact) mass is 1830 g/mol. The van der Waals surface area contributed by atoms with Gasteiger partial charge in [-0.25, -0.2) is 34.7 Å². The molecule has 1 aromatic carbocycles. The highest BCUT2D eigenvalue weighted by Gasteiger charge is 2.42. The number of phenols is 1. The number of carbonyl (C=O) groups is 17. The second-order valence-electron chi connectivity index (χ2n) is 31.1. The zero-order valence-corrected chi connectivity index (χ0v) is 72.6. The largest absolute Gasteiger partial charge is 0.508 e. The van der Waals surface area contributed by atoms with E-state index in [4.69, 9.17) is 17.2 Å². The minimum absolute atomic E-state index is 0.00380. The summed E-state index contributed by atoms with van der Waals surface area (Å²) >= 11 is 8.69. The van der Waals surface area contributed by atoms with Crippen molar-refractivity contribution in [2.75, 3.05) is 24.6 Å². The van der Waals surface area contributed by atoms with Gasteiger partial charge in [0, 0.05) is 107 Å². The first-order chi connectivity index (χ1) is 61.6. The average molecular weight is 1830 g/mol. The molecule has 0 radical (unpaired) electrons. The first-order valence-electron chi connectivity index (χ1n) is 41.2. The molecule has 129 heavy (non-hydrogen) atoms. The summed E-state index contributed by atoms with van der Waals surface area (Å²) in [5.74, 6) is -19.0. The van der Waals surface area contributed by atoms with Crippen molar-refractivity contribution in [1.82, 2.24) is 134 Å². The van der Waals surface area contributed by atoms with Crippen LogP contribution in [0.3, 0.4) is 0 Å². The number of hydrogen-bond donors (Lipinski definition) is 26. The fourth-order valence-corrected chi connectivity index (χ4v) is 14.2. The van der Waals surface area contributed by atoms with Crippen molar-refractivity contribution < 1.29 is 91.7 Å². The fourth-order valence-electron chi connectivity index (χ4n) is 13.7. The number of aromatic hydroxyl groups is 1. The van der Waals surface area contributed by atoms with Gasteiger partial charge >= 0.3 is 5.97 Å². The molecule has 1 aliphatic heterocycles. The van der Waals surface area contributed by atoms with Crippen LogP contribution in [0.25, 0.3) is 0 Å². The summed E-state index contributed by atoms with van der Waals surface area (Å²) in [7, 11) is 0. The number of carbonyl (C=O) groups excluding carboxylic acids is 16. The summed E-state index contributed by atoms with van der Waals surface area (Å²) < 4.78 is 0. The number of aromatic nitrogens is 12. The quantitative estimate of drug-likeness (QED) is 0.0158. The van der Waals surface area contributed by atoms with Crippen LogP contribution in [0.1, 0.15) is 112 Å². The smallest absolute Gasteiger partial charge is 0.326 e. The van der Waals surface area contributed by atoms with E-state index in [9.17, 15) is 91.7 Å². The maximum absolute atomic E-state index is 14.9. The molecule has 16 amide bonds. The number of likely N-dealkylation sites (tertiary alicyclic amines) is 1. The summed E-state index contributed by atoms with van der Waals surface area (Å²) in [6.45, 7) is 5.87. The molecule has 0 spiro atoms. The topological polar surface area (TPSA) is 740 Å². The van der Waals surface area contributed by atoms with Crippen LogP contribution in [0.2, 0.25) is 0 Å². The highest BCUT2D eigenvalue weighted by atomic mass is 32.1. The number of imidazole rings is 6. The van der Waals surface area contributed by atoms with Crippen molar-refractivity contribution in [2.24, 2.45) is 29.0 Å². The van der Waals surface area contributed by atoms with E-state index in [2.05, 4.69) is 154 Å². The van der Waals surface area contributed by atoms with Crippen molar-refractivity contribution in [3.8, 4) is 5.75 Å². The fraction of sp³-hybridized carbons (Fsp3) is 0.481. The van der Waals surface area contributed by atoms with Crippen LogP contribution in [0.5, 0.6) is 5.75 Å². The normalized spacial score (nSPS) is 15.7. The molecule has 50 heteroatoms. The van der Waals surface area contributed by atoms with E-state index in [0.29, 0.717) is 28.3 Å². The van der Waals surface area contributed by atoms with Crippen LogP contribution in [0.15, 0.2) is 99.4 Å². The Morgan fingerprint density at radius 1 is 0.450 bits per heavy atom. The maximum atomic E-state index is 14.9. The standard InChI is InChI=1S/C79H109N29O19S2/c1-5-40(4)65(107-74(121)52(16-41-8-10-48(109)11-9-41)99-75(122)59(31-128)105-72(119)56(21-46-28-87-37-94-46)101-70(117)54(19-44-26-85-35-92-44)98-66(113)49(80)17-42-24-83-33-90-42)77(124)97-50(12-13-62(81)110)68(115)102-57(23-63(82)111)73(120)106-60(32-129)78(125)108-14-6-7-61(108)76(123)103-51(15-39(2)3)67(114)89-30-64(112)96-53(18-43-25-84-34-91-43)69(116)100-55(20-45-27-86-36-93-45)71(118)104-58(79(126)127)22-47-29-88-38-95-47/h8-11,24-29,33-40,49-61,65,109,128-129H,5-7,12-23,30-32,80H2,1-4H3,(H2,81,110)(H2,82,111)(H,83,90)(H,84,91)(H,85,92)(H,86,93)(H,87,94)(H,88,95)(H,89,114)(H,96,112)(H,97,124)(H,98,113)(H,99,122)(H,100,116)(H,101,117)(H,102,115)(H,103,123)(H,104,118)(H,105,119)(H,106,120)(H,107,121)(H,126,127)/t40-,49-,50-,51-,52-,53-,54-,55-,56-,57-,58-,59-,60-,61-,65-/m0/s1. The van der Waals surface area contributed by atoms with Gasteiger partial charge in [0.15, 0.2) is 0 Å². The van der Waals surface area contributed by atoms with Crippen molar-refractivity contribution in [3.63, 3.8) is 0 Å². The highest BCUT2D eigenvalue weighted by molar-refractivity contribution is 7.80. The molecule has 0 aliphatic carbocycles. The number of H-pyrrole nitrogens is 6. The molecule has 1 saturated heterocycles. The molecule has 7 aromatic rings. The lowest BCUT2D eigenvalue weighted by Crippen LogP contribution is -2.62. The van der Waals surface area contributed by atoms with Crippen LogP contribution in [0.4, 0.5) is 0 Å². The highest BCUT2D eigenvalue weighted by Crippen LogP contribution is 2.22. The van der Waals surface area contributed by atoms with E-state index < -0.39 is 228 Å². The molecule has 7 heterocycles. The number of aliphatic carboxylic acids is 1. The Balaban J connectivity index is 0.910. The van der Waals surface area contributed by atoms with E-state index in [1.54, 1.807) is 33.9 Å². The number of carboxylic acid groups (broad SMARTS) is 1. The molecule has 1 aliphatic rings. The van der Waals surface area contributed by atoms with Crippen molar-refractivity contribution in [1.29, 1.82) is 0 Å². The van der Waals surface area contributed by atoms with Crippen LogP contribution in [-0.4, -0.2) is 285 Å². The maximum Gasteiger partial charge on any atom is 0.326 e. The number of carboxylic acids is 1. The lowest BCUT2D eigenvalue weighted by Gasteiger charge is -2.31. The number of benzene rings is 1. The minimum atomic E-state index is -1.93. The molecule has 1 fully saturated rings. The average Bonchev–Trinajstić information content (AvgIpc) is 1.72. The van der Waals surface area contributed by atoms with Gasteiger partial charge in [0.25, 0.3) is 0 Å². The van der Waals surface area contributed by atoms with Crippen LogP contribution >= 0.6 is 25.3 Å². The third-order valence-corrected chi connectivity index (χ3v) is 21.4. The zero-order valence-electron chi connectivity index (χ0n) is 70.8. The lowest BCUT2D eigenvalue weighted by atomic mass is 9.96. The SMILES string of the molecule is CC[C@H](C)[C@H](NC(=O)[C@H](Cc1ccc(O)cc1)NC(=O)[C@H](CS)NC(=O)[C@H](Cc1c[nH]cn1)NC(=O)[C@H](Cc1c[nH]cn1)NC(=O)[C@@H](N)Cc1c[nH]cn1)C(=O)N[C@@H](CCC(N)=O)C(=O)N[C@@H](CC(N)=O)C(=O)N[C@@H](CS)C(=O)N1CCC[C@H]1C(=O)N[C@@H](CC(C)C)C(=O)NCC(=O)N[C@@H](Cc1c[nH]cn1)C(=O)N[C@@H](Cc1c[nH]cn1)C(=O)N[C@@H](Cc1c[nH]cn1)C(=O)O. The molecular weight excluding hydrogens is 1720 g/mol. The number of amides is 16. The van der Waals surface area contributed by atoms with Gasteiger partial charge in [-0.15, -0.1) is 0 Å². The van der Waals surface area contributed by atoms with Gasteiger partial charge in [-0.2, -0.15) is 25.3 Å². The van der Waals surface area contributed by atoms with E-state index in [0.717, 1.165) is 4.90 Å². The number of hydrogen-bond acceptors (Lipinski definition) is 27. The first-order valence-corrected chi connectivity index (χ1v) is 42.5. The molecule has 696 valence electrons. The van der Waals surface area contributed by atoms with E-state index in [1.165, 1.54) is 93.2 Å². The van der Waals surface area contributed by atoms with Crippen molar-refractivity contribution in [3.05, 3.63) is 139 Å². The number of rotatable bonds is 53. The second kappa shape index (κ2) is 49.7. The Bertz CT molecular complexity index is 4910. The van der Waals surface area contributed by atoms with E-state index >= 15 is 0 Å². The Hall–Kier alpha value is -14.1. The van der Waals surface area contributed by atoms with Gasteiger partial charge in [-0.1, -0.05) is 46.2 Å². The summed E-state index contributed by atoms with van der Waals surface area (Å²) in [4.78, 5) is 280. The number of nitrogens with one attached hydrogen (secondary N) is 19. The number of thiol groups is 2. The Morgan fingerprint density at radius 3 is 1.27 bits per heavy atom. The molecule has 0 unspecified atom stereocenters. The third kappa shape index (κ3) is 31.8. The summed E-state index contributed by atoms with van der Waals surface area (Å²) in [6.07, 6.45) is 13.8.